The van der Waals surface area contributed by atoms with Crippen molar-refractivity contribution in [3.63, 3.8) is 0 Å². The van der Waals surface area contributed by atoms with E-state index in [2.05, 4.69) is 10.6 Å². The molecule has 3 atom stereocenters. The Morgan fingerprint density at radius 1 is 1.02 bits per heavy atom. The molecule has 2 saturated heterocycles. The van der Waals surface area contributed by atoms with Crippen LogP contribution < -0.4 is 15.4 Å². The predicted octanol–water partition coefficient (Wildman–Crippen LogP) is 1.04. The van der Waals surface area contributed by atoms with Gasteiger partial charge in [-0.3, -0.25) is 33.8 Å². The molecule has 53 heavy (non-hydrogen) atoms. The summed E-state index contributed by atoms with van der Waals surface area (Å²) in [5.41, 5.74) is 0.0988. The Bertz CT molecular complexity index is 1870. The van der Waals surface area contributed by atoms with E-state index >= 15 is 0 Å². The van der Waals surface area contributed by atoms with Crippen molar-refractivity contribution in [2.45, 2.75) is 38.5 Å². The van der Waals surface area contributed by atoms with E-state index in [1.165, 1.54) is 23.1 Å². The molecular weight excluding hydrogens is 718 g/mol. The molecule has 3 aliphatic heterocycles. The molecule has 0 aliphatic carbocycles. The SMILES string of the molecule is CCN1CCN(C(=O)Nc2cc(OC(=O)OCc3ccccc3)ccc2CC(=O)NC(OC(C)=O)C2=C(C(=O)O)N3C(=O)[C@H](CO)[C@H]3SC2)C(=O)C1=O. The van der Waals surface area contributed by atoms with E-state index in [9.17, 15) is 48.6 Å². The second-order valence-electron chi connectivity index (χ2n) is 11.8. The van der Waals surface area contributed by atoms with Crippen LogP contribution in [0.3, 0.4) is 0 Å². The molecule has 0 aromatic heterocycles. The number of aliphatic hydroxyl groups is 1. The molecule has 280 valence electrons. The van der Waals surface area contributed by atoms with Crippen LogP contribution in [-0.4, -0.2) is 116 Å². The molecule has 1 unspecified atom stereocenters. The normalized spacial score (nSPS) is 18.8. The van der Waals surface area contributed by atoms with Gasteiger partial charge in [-0.15, -0.1) is 11.8 Å². The average molecular weight is 754 g/mol. The van der Waals surface area contributed by atoms with E-state index in [-0.39, 0.29) is 54.6 Å². The summed E-state index contributed by atoms with van der Waals surface area (Å²) in [7, 11) is 0. The molecule has 2 aromatic carbocycles. The molecule has 0 saturated carbocycles. The van der Waals surface area contributed by atoms with Gasteiger partial charge in [-0.2, -0.15) is 0 Å². The third kappa shape index (κ3) is 8.58. The minimum atomic E-state index is -1.63. The van der Waals surface area contributed by atoms with Crippen LogP contribution in [0.25, 0.3) is 0 Å². The number of carboxylic acid groups (broad SMARTS) is 1. The summed E-state index contributed by atoms with van der Waals surface area (Å²) < 4.78 is 15.7. The maximum atomic E-state index is 13.5. The molecule has 0 radical (unpaired) electrons. The van der Waals surface area contributed by atoms with Crippen LogP contribution in [-0.2, 0) is 51.3 Å². The van der Waals surface area contributed by atoms with Gasteiger partial charge in [-0.05, 0) is 24.1 Å². The number of benzene rings is 2. The number of imide groups is 1. The predicted molar refractivity (Wildman–Crippen MR) is 182 cm³/mol. The monoisotopic (exact) mass is 753 g/mol. The van der Waals surface area contributed by atoms with Gasteiger partial charge in [0.1, 0.15) is 18.1 Å². The van der Waals surface area contributed by atoms with Crippen LogP contribution in [0.15, 0.2) is 59.8 Å². The number of rotatable bonds is 12. The van der Waals surface area contributed by atoms with Gasteiger partial charge in [0.05, 0.1) is 24.3 Å². The number of piperazine rings is 1. The zero-order chi connectivity index (χ0) is 38.4. The number of aliphatic carboxylic acids is 1. The Balaban J connectivity index is 1.38. The molecular formula is C34H35N5O13S. The van der Waals surface area contributed by atoms with Crippen molar-refractivity contribution >= 4 is 65.2 Å². The van der Waals surface area contributed by atoms with Gasteiger partial charge in [-0.1, -0.05) is 36.4 Å². The molecule has 2 aromatic rings. The van der Waals surface area contributed by atoms with Crippen molar-refractivity contribution in [3.8, 4) is 5.75 Å². The number of carbonyl (C=O) groups is 8. The minimum Gasteiger partial charge on any atom is -0.477 e. The number of anilines is 1. The van der Waals surface area contributed by atoms with E-state index in [0.29, 0.717) is 10.5 Å². The number of aliphatic hydroxyl groups excluding tert-OH is 1. The highest BCUT2D eigenvalue weighted by atomic mass is 32.2. The standard InChI is InChI=1S/C34H35N5O13S/c1-3-37-11-12-38(30(45)29(37)44)33(48)35-24-14-21(52-34(49)50-16-19-7-5-4-6-8-19)10-9-20(24)13-25(42)36-27(51-18(2)41)23-17-53-31-22(15-40)28(43)39(31)26(23)32(46)47/h4-10,14,22,27,31,40H,3,11-13,15-17H2,1-2H3,(H,35,48)(H,36,42)(H,46,47)/t22-,27?,31+/m0/s1. The molecule has 3 heterocycles. The number of ether oxygens (including phenoxy) is 3. The molecule has 4 N–H and O–H groups in total. The van der Waals surface area contributed by atoms with E-state index in [0.717, 1.165) is 23.6 Å². The number of esters is 1. The molecule has 0 spiro atoms. The molecule has 5 rings (SSSR count). The number of thioether (sulfide) groups is 1. The zero-order valence-corrected chi connectivity index (χ0v) is 29.3. The van der Waals surface area contributed by atoms with E-state index in [1.54, 1.807) is 37.3 Å². The van der Waals surface area contributed by atoms with Crippen molar-refractivity contribution in [2.75, 3.05) is 37.3 Å². The lowest BCUT2D eigenvalue weighted by Crippen LogP contribution is -2.63. The number of urea groups is 1. The van der Waals surface area contributed by atoms with Crippen LogP contribution in [0.4, 0.5) is 15.3 Å². The third-order valence-electron chi connectivity index (χ3n) is 8.41. The number of amides is 6. The van der Waals surface area contributed by atoms with Gasteiger partial charge >= 0.3 is 35.9 Å². The number of carboxylic acids is 1. The fourth-order valence-corrected chi connectivity index (χ4v) is 7.20. The van der Waals surface area contributed by atoms with Crippen LogP contribution in [0, 0.1) is 5.92 Å². The number of hydrogen-bond acceptors (Lipinski definition) is 13. The van der Waals surface area contributed by atoms with Crippen molar-refractivity contribution in [1.82, 2.24) is 20.0 Å². The summed E-state index contributed by atoms with van der Waals surface area (Å²) in [6.07, 6.45) is -3.25. The minimum absolute atomic E-state index is 0.0729. The van der Waals surface area contributed by atoms with Crippen LogP contribution in [0.1, 0.15) is 25.0 Å². The molecule has 0 bridgehead atoms. The van der Waals surface area contributed by atoms with Crippen LogP contribution in [0.2, 0.25) is 0 Å². The highest BCUT2D eigenvalue weighted by Crippen LogP contribution is 2.44. The average Bonchev–Trinajstić information content (AvgIpc) is 3.12. The number of likely N-dealkylation sites (N-methyl/N-ethyl adjacent to an activating group) is 1. The quantitative estimate of drug-likeness (QED) is 0.0779. The summed E-state index contributed by atoms with van der Waals surface area (Å²) in [5, 5.41) is 23.9. The Morgan fingerprint density at radius 3 is 2.42 bits per heavy atom. The molecule has 18 nitrogen and oxygen atoms in total. The lowest BCUT2D eigenvalue weighted by atomic mass is 9.96. The lowest BCUT2D eigenvalue weighted by Gasteiger charge is -2.49. The Kier molecular flexibility index (Phi) is 12.0. The Hall–Kier alpha value is -5.95. The largest absolute Gasteiger partial charge is 0.514 e. The Morgan fingerprint density at radius 2 is 1.75 bits per heavy atom. The summed E-state index contributed by atoms with van der Waals surface area (Å²) in [4.78, 5) is 104. The number of hydrogen-bond donors (Lipinski definition) is 4. The highest BCUT2D eigenvalue weighted by Gasteiger charge is 2.54. The number of β-lactam (4-membered cyclic amide) rings is 1. The van der Waals surface area contributed by atoms with Crippen molar-refractivity contribution in [2.24, 2.45) is 5.92 Å². The topological polar surface area (TPSA) is 238 Å². The van der Waals surface area contributed by atoms with E-state index in [4.69, 9.17) is 14.2 Å². The molecule has 3 aliphatic rings. The van der Waals surface area contributed by atoms with Gasteiger partial charge in [0, 0.05) is 49.6 Å². The highest BCUT2D eigenvalue weighted by molar-refractivity contribution is 8.00. The number of carbonyl (C=O) groups excluding carboxylic acids is 7. The first-order chi connectivity index (χ1) is 25.3. The molecule has 19 heteroatoms. The summed E-state index contributed by atoms with van der Waals surface area (Å²) in [6.45, 7) is 2.36. The number of nitrogens with zero attached hydrogens (tertiary/aromatic N) is 3. The van der Waals surface area contributed by atoms with Crippen molar-refractivity contribution in [1.29, 1.82) is 0 Å². The first-order valence-corrected chi connectivity index (χ1v) is 17.3. The van der Waals surface area contributed by atoms with Gasteiger partial charge in [0.2, 0.25) is 18.0 Å². The molecule has 2 fully saturated rings. The lowest BCUT2D eigenvalue weighted by molar-refractivity contribution is -0.155. The number of nitrogens with one attached hydrogen (secondary N) is 2. The second kappa shape index (κ2) is 16.6. The fourth-order valence-electron chi connectivity index (χ4n) is 5.77. The van der Waals surface area contributed by atoms with Crippen molar-refractivity contribution < 1.29 is 62.8 Å². The van der Waals surface area contributed by atoms with Crippen LogP contribution in [0.5, 0.6) is 5.75 Å². The van der Waals surface area contributed by atoms with E-state index in [1.807, 2.05) is 0 Å². The summed E-state index contributed by atoms with van der Waals surface area (Å²) in [5.74, 6) is -6.83. The Labute approximate surface area is 306 Å². The maximum absolute atomic E-state index is 13.5. The van der Waals surface area contributed by atoms with Gasteiger partial charge in [-0.25, -0.2) is 14.4 Å². The van der Waals surface area contributed by atoms with Gasteiger partial charge in [0.25, 0.3) is 0 Å². The van der Waals surface area contributed by atoms with Crippen LogP contribution >= 0.6 is 11.8 Å². The zero-order valence-electron chi connectivity index (χ0n) is 28.4. The first-order valence-electron chi connectivity index (χ1n) is 16.2. The fraction of sp³-hybridized carbons (Fsp3) is 0.353. The first kappa shape index (κ1) is 38.3. The molecule has 6 amide bonds. The van der Waals surface area contributed by atoms with Gasteiger partial charge < -0.3 is 40.0 Å². The number of fused-ring (bicyclic) bond motifs is 1. The third-order valence-corrected chi connectivity index (χ3v) is 9.77. The van der Waals surface area contributed by atoms with Crippen molar-refractivity contribution in [3.05, 3.63) is 70.9 Å². The van der Waals surface area contributed by atoms with E-state index < -0.39 is 84.0 Å². The smallest absolute Gasteiger partial charge is 0.477 e. The second-order valence-corrected chi connectivity index (χ2v) is 12.9. The maximum Gasteiger partial charge on any atom is 0.514 e. The summed E-state index contributed by atoms with van der Waals surface area (Å²) in [6, 6.07) is 11.6. The van der Waals surface area contributed by atoms with Gasteiger partial charge in [0.15, 0.2) is 0 Å². The summed E-state index contributed by atoms with van der Waals surface area (Å²) >= 11 is 1.12.